The van der Waals surface area contributed by atoms with Crippen LogP contribution in [-0.4, -0.2) is 56.8 Å². The summed E-state index contributed by atoms with van der Waals surface area (Å²) in [5, 5.41) is 17.0. The van der Waals surface area contributed by atoms with E-state index in [2.05, 4.69) is 15.4 Å². The van der Waals surface area contributed by atoms with Gasteiger partial charge in [0.2, 0.25) is 11.8 Å². The Hall–Kier alpha value is -3.73. The molecule has 1 fully saturated rings. The van der Waals surface area contributed by atoms with Crippen LogP contribution in [0.5, 0.6) is 11.6 Å². The van der Waals surface area contributed by atoms with Crippen LogP contribution < -0.4 is 10.1 Å². The van der Waals surface area contributed by atoms with E-state index < -0.39 is 12.5 Å². The van der Waals surface area contributed by atoms with Crippen molar-refractivity contribution in [1.29, 1.82) is 0 Å². The summed E-state index contributed by atoms with van der Waals surface area (Å²) in [6.45, 7) is 1.01. The van der Waals surface area contributed by atoms with Crippen LogP contribution in [0, 0.1) is 0 Å². The Kier molecular flexibility index (Phi) is 9.78. The van der Waals surface area contributed by atoms with Crippen molar-refractivity contribution in [1.82, 2.24) is 25.0 Å². The van der Waals surface area contributed by atoms with E-state index in [0.29, 0.717) is 9.70 Å². The smallest absolute Gasteiger partial charge is 0.333 e. The number of piperidine rings is 1. The molecule has 0 atom stereocenters. The number of alkyl halides is 2. The van der Waals surface area contributed by atoms with Gasteiger partial charge >= 0.3 is 6.55 Å². The van der Waals surface area contributed by atoms with E-state index in [1.165, 1.54) is 26.4 Å². The lowest BCUT2D eigenvalue weighted by atomic mass is 10.1. The number of aromatic nitrogens is 3. The van der Waals surface area contributed by atoms with Gasteiger partial charge in [-0.05, 0) is 37.0 Å². The zero-order chi connectivity index (χ0) is 26.9. The van der Waals surface area contributed by atoms with Gasteiger partial charge in [0.05, 0.1) is 13.3 Å². The molecule has 0 aliphatic carbocycles. The average molecular weight is 536 g/mol. The molecule has 3 aromatic rings. The maximum Gasteiger partial charge on any atom is 0.333 e. The number of nitrogens with zero attached hydrogens (tertiary/aromatic N) is 4. The van der Waals surface area contributed by atoms with Crippen molar-refractivity contribution in [3.05, 3.63) is 58.9 Å². The first kappa shape index (κ1) is 27.9. The lowest BCUT2D eigenvalue weighted by Gasteiger charge is -2.24. The maximum atomic E-state index is 12.7. The van der Waals surface area contributed by atoms with Crippen molar-refractivity contribution in [3.63, 3.8) is 0 Å². The number of hydrogen-bond acceptors (Lipinski definition) is 6. The molecular weight excluding hydrogens is 508 g/mol. The lowest BCUT2D eigenvalue weighted by molar-refractivity contribution is -0.129. The number of likely N-dealkylation sites (tertiary alicyclic amines) is 1. The van der Waals surface area contributed by atoms with Crippen molar-refractivity contribution in [2.45, 2.75) is 39.3 Å². The van der Waals surface area contributed by atoms with Crippen molar-refractivity contribution in [3.8, 4) is 22.9 Å². The van der Waals surface area contributed by atoms with Gasteiger partial charge in [-0.15, -0.1) is 0 Å². The van der Waals surface area contributed by atoms with Crippen molar-refractivity contribution >= 4 is 23.4 Å². The fourth-order valence-corrected chi connectivity index (χ4v) is 3.80. The molecule has 0 saturated carbocycles. The summed E-state index contributed by atoms with van der Waals surface area (Å²) in [5.74, 6) is -0.725. The normalized spacial score (nSPS) is 13.1. The third-order valence-corrected chi connectivity index (χ3v) is 5.90. The monoisotopic (exact) mass is 535 g/mol. The Balaban J connectivity index is 0.000000356. The van der Waals surface area contributed by atoms with E-state index in [-0.39, 0.29) is 40.9 Å². The van der Waals surface area contributed by atoms with Gasteiger partial charge in [0.15, 0.2) is 0 Å². The minimum atomic E-state index is -2.82. The second-order valence-corrected chi connectivity index (χ2v) is 8.71. The van der Waals surface area contributed by atoms with Crippen LogP contribution in [0.4, 0.5) is 8.78 Å². The molecule has 1 aliphatic rings. The second-order valence-electron chi connectivity index (χ2n) is 8.28. The van der Waals surface area contributed by atoms with E-state index in [9.17, 15) is 23.5 Å². The Morgan fingerprint density at radius 3 is 2.41 bits per heavy atom. The van der Waals surface area contributed by atoms with E-state index in [1.807, 2.05) is 4.90 Å². The molecule has 0 radical (unpaired) electrons. The van der Waals surface area contributed by atoms with Crippen LogP contribution in [0.15, 0.2) is 42.7 Å². The minimum Gasteiger partial charge on any atom is -0.506 e. The zero-order valence-corrected chi connectivity index (χ0v) is 21.2. The van der Waals surface area contributed by atoms with Crippen molar-refractivity contribution in [2.75, 3.05) is 20.2 Å². The maximum absolute atomic E-state index is 12.7. The molecular formula is C25H28ClF2N5O4. The molecule has 3 heterocycles. The first-order valence-electron chi connectivity index (χ1n) is 11.6. The largest absolute Gasteiger partial charge is 0.506 e. The highest BCUT2D eigenvalue weighted by molar-refractivity contribution is 6.30. The summed E-state index contributed by atoms with van der Waals surface area (Å²) < 4.78 is 30.9. The quantitative estimate of drug-likeness (QED) is 0.475. The lowest BCUT2D eigenvalue weighted by Crippen LogP contribution is -2.33. The standard InChI is InChI=1S/C18H15ClF2N4O3.C7H13NO/c1-28-17-13(16(27)22-7-10-2-4-12(19)5-3-10)6-14(26)15(24-17)11-8-23-25(9-11)18(20)21;1-7(9)8-5-3-2-4-6-8/h2-6,8-9,18,26H,7H2,1H3,(H,22,27);2-6H2,1H3. The number of amides is 2. The molecule has 1 saturated heterocycles. The van der Waals surface area contributed by atoms with Gasteiger partial charge in [-0.3, -0.25) is 9.59 Å². The first-order valence-corrected chi connectivity index (χ1v) is 12.0. The Labute approximate surface area is 218 Å². The SMILES string of the molecule is CC(=O)N1CCCCC1.COc1nc(-c2cnn(C(F)F)c2)c(O)cc1C(=O)NCc1ccc(Cl)cc1. The van der Waals surface area contributed by atoms with Crippen LogP contribution >= 0.6 is 11.6 Å². The van der Waals surface area contributed by atoms with E-state index in [0.717, 1.165) is 37.1 Å². The summed E-state index contributed by atoms with van der Waals surface area (Å²) >= 11 is 5.82. The molecule has 4 rings (SSSR count). The zero-order valence-electron chi connectivity index (χ0n) is 20.5. The molecule has 0 bridgehead atoms. The summed E-state index contributed by atoms with van der Waals surface area (Å²) in [6.07, 6.45) is 5.85. The van der Waals surface area contributed by atoms with Gasteiger partial charge in [-0.1, -0.05) is 23.7 Å². The Morgan fingerprint density at radius 2 is 1.86 bits per heavy atom. The Bertz CT molecular complexity index is 1210. The van der Waals surface area contributed by atoms with Gasteiger partial charge in [0, 0.05) is 49.4 Å². The summed E-state index contributed by atoms with van der Waals surface area (Å²) in [5.41, 5.74) is 0.950. The van der Waals surface area contributed by atoms with Gasteiger partial charge in [0.1, 0.15) is 17.0 Å². The number of ether oxygens (including phenoxy) is 1. The average Bonchev–Trinajstić information content (AvgIpc) is 3.39. The highest BCUT2D eigenvalue weighted by Crippen LogP contribution is 2.32. The number of carbonyl (C=O) groups is 2. The van der Waals surface area contributed by atoms with Gasteiger partial charge < -0.3 is 20.1 Å². The molecule has 12 heteroatoms. The third kappa shape index (κ3) is 7.63. The molecule has 0 spiro atoms. The molecule has 198 valence electrons. The van der Waals surface area contributed by atoms with Crippen LogP contribution in [-0.2, 0) is 11.3 Å². The number of aromatic hydroxyl groups is 1. The molecule has 1 aromatic carbocycles. The van der Waals surface area contributed by atoms with Crippen LogP contribution in [0.3, 0.4) is 0 Å². The van der Waals surface area contributed by atoms with Crippen molar-refractivity contribution < 1.29 is 28.2 Å². The number of nitrogens with one attached hydrogen (secondary N) is 1. The van der Waals surface area contributed by atoms with Crippen LogP contribution in [0.2, 0.25) is 5.02 Å². The summed E-state index contributed by atoms with van der Waals surface area (Å²) in [4.78, 5) is 29.2. The molecule has 2 amide bonds. The first-order chi connectivity index (χ1) is 17.7. The summed E-state index contributed by atoms with van der Waals surface area (Å²) in [6, 6.07) is 8.09. The highest BCUT2D eigenvalue weighted by Gasteiger charge is 2.20. The third-order valence-electron chi connectivity index (χ3n) is 5.65. The van der Waals surface area contributed by atoms with E-state index in [4.69, 9.17) is 16.3 Å². The number of pyridine rings is 1. The second kappa shape index (κ2) is 13.0. The fourth-order valence-electron chi connectivity index (χ4n) is 3.67. The molecule has 37 heavy (non-hydrogen) atoms. The number of halogens is 3. The van der Waals surface area contributed by atoms with Crippen LogP contribution in [0.25, 0.3) is 11.3 Å². The number of methoxy groups -OCH3 is 1. The minimum absolute atomic E-state index is 0.000958. The van der Waals surface area contributed by atoms with Crippen molar-refractivity contribution in [2.24, 2.45) is 0 Å². The number of carbonyl (C=O) groups excluding carboxylic acids is 2. The molecule has 0 unspecified atom stereocenters. The van der Waals surface area contributed by atoms with E-state index in [1.54, 1.807) is 31.2 Å². The van der Waals surface area contributed by atoms with E-state index >= 15 is 0 Å². The van der Waals surface area contributed by atoms with Crippen LogP contribution in [0.1, 0.15) is 48.7 Å². The Morgan fingerprint density at radius 1 is 1.19 bits per heavy atom. The molecule has 2 N–H and O–H groups in total. The predicted molar refractivity (Wildman–Crippen MR) is 134 cm³/mol. The molecule has 2 aromatic heterocycles. The number of rotatable bonds is 6. The summed E-state index contributed by atoms with van der Waals surface area (Å²) in [7, 11) is 1.31. The molecule has 9 nitrogen and oxygen atoms in total. The number of hydrogen-bond donors (Lipinski definition) is 2. The fraction of sp³-hybridized carbons (Fsp3) is 0.360. The molecule has 1 aliphatic heterocycles. The van der Waals surface area contributed by atoms with Gasteiger partial charge in [0.25, 0.3) is 5.91 Å². The topological polar surface area (TPSA) is 110 Å². The van der Waals surface area contributed by atoms with Gasteiger partial charge in [-0.25, -0.2) is 9.67 Å². The predicted octanol–water partition coefficient (Wildman–Crippen LogP) is 4.66. The van der Waals surface area contributed by atoms with Gasteiger partial charge in [-0.2, -0.15) is 13.9 Å². The highest BCUT2D eigenvalue weighted by atomic mass is 35.5. The number of benzene rings is 1.